The third-order valence-electron chi connectivity index (χ3n) is 8.14. The van der Waals surface area contributed by atoms with Crippen LogP contribution in [0, 0.1) is 10.8 Å². The molecule has 1 amide bonds. The van der Waals surface area contributed by atoms with Crippen LogP contribution < -0.4 is 0 Å². The average Bonchev–Trinajstić information content (AvgIpc) is 2.97. The topological polar surface area (TPSA) is 102 Å². The Kier molecular flexibility index (Phi) is 19.0. The van der Waals surface area contributed by atoms with Crippen molar-refractivity contribution in [2.45, 2.75) is 101 Å². The van der Waals surface area contributed by atoms with Gasteiger partial charge in [-0.15, -0.1) is 23.5 Å². The first-order valence-electron chi connectivity index (χ1n) is 15.8. The van der Waals surface area contributed by atoms with E-state index in [1.54, 1.807) is 31.7 Å². The molecule has 258 valence electrons. The van der Waals surface area contributed by atoms with E-state index in [2.05, 4.69) is 33.9 Å². The third-order valence-corrected chi connectivity index (χ3v) is 12.0. The molecule has 2 rings (SSSR count). The van der Waals surface area contributed by atoms with Crippen LogP contribution in [0.25, 0.3) is 0 Å². The van der Waals surface area contributed by atoms with Gasteiger partial charge in [0.1, 0.15) is 3.53 Å². The van der Waals surface area contributed by atoms with Crippen LogP contribution >= 0.6 is 35.7 Å². The number of amides is 1. The minimum atomic E-state index is -0.671. The zero-order chi connectivity index (χ0) is 35.3. The number of carbonyl (C=O) groups is 3. The Hall–Kier alpha value is -0.630. The number of morpholine rings is 1. The van der Waals surface area contributed by atoms with Crippen molar-refractivity contribution in [3.63, 3.8) is 0 Å². The van der Waals surface area contributed by atoms with E-state index in [0.717, 1.165) is 52.7 Å². The quantitative estimate of drug-likeness (QED) is 0.119. The molecule has 46 heavy (non-hydrogen) atoms. The molecule has 1 heterocycles. The summed E-state index contributed by atoms with van der Waals surface area (Å²) in [6.07, 6.45) is 6.85. The van der Waals surface area contributed by atoms with Crippen LogP contribution in [0.2, 0.25) is 3.67 Å². The molecular formula is C34H54InNO7S3. The van der Waals surface area contributed by atoms with Crippen molar-refractivity contribution in [2.24, 2.45) is 10.8 Å². The zero-order valence-corrected chi connectivity index (χ0v) is 34.7. The number of nitrogens with zero attached hydrogens (tertiary/aromatic N) is 1. The Morgan fingerprint density at radius 2 is 1.70 bits per heavy atom. The van der Waals surface area contributed by atoms with E-state index in [0.29, 0.717) is 32.1 Å². The molecule has 0 aromatic carbocycles. The van der Waals surface area contributed by atoms with Crippen LogP contribution in [0.1, 0.15) is 74.7 Å². The Morgan fingerprint density at radius 3 is 2.17 bits per heavy atom. The summed E-state index contributed by atoms with van der Waals surface area (Å²) in [5, 5.41) is 9.13. The van der Waals surface area contributed by atoms with Gasteiger partial charge in [0.15, 0.2) is 0 Å². The van der Waals surface area contributed by atoms with Crippen LogP contribution in [0.3, 0.4) is 0 Å². The number of Topliss-reactive ketones (excluding diaryl/α,β-unsaturated/α-hetero) is 1. The Morgan fingerprint density at radius 1 is 1.11 bits per heavy atom. The number of esters is 1. The number of rotatable bonds is 15. The summed E-state index contributed by atoms with van der Waals surface area (Å²) >= 11 is 9.50. The number of thiocarbonyl (C=S) groups is 1. The second-order valence-corrected chi connectivity index (χ2v) is 19.8. The molecule has 1 unspecified atom stereocenters. The van der Waals surface area contributed by atoms with Crippen molar-refractivity contribution in [3.05, 3.63) is 37.0 Å². The molecule has 12 heteroatoms. The number of allylic oxidation sites excluding steroid dienone is 4. The van der Waals surface area contributed by atoms with Crippen LogP contribution in [-0.4, -0.2) is 117 Å². The van der Waals surface area contributed by atoms with Gasteiger partial charge < -0.3 is 14.7 Å². The number of hydrogen-bond acceptors (Lipinski definition) is 10. The van der Waals surface area contributed by atoms with Crippen molar-refractivity contribution >= 4 is 81.3 Å². The fourth-order valence-corrected chi connectivity index (χ4v) is 9.76. The zero-order valence-electron chi connectivity index (χ0n) is 29.0. The molecule has 1 saturated carbocycles. The second kappa shape index (κ2) is 20.1. The molecule has 1 saturated heterocycles. The maximum absolute atomic E-state index is 13.8. The molecule has 2 aliphatic rings. The Labute approximate surface area is 305 Å². The predicted molar refractivity (Wildman–Crippen MR) is 196 cm³/mol. The van der Waals surface area contributed by atoms with E-state index in [1.165, 1.54) is 11.8 Å². The first kappa shape index (κ1) is 43.4. The first-order valence-corrected chi connectivity index (χ1v) is 19.9. The summed E-state index contributed by atoms with van der Waals surface area (Å²) in [6.45, 7) is 25.6. The summed E-state index contributed by atoms with van der Waals surface area (Å²) in [6, 6.07) is 0. The molecular weight excluding hydrogens is 745 g/mol. The fraction of sp³-hybridized carbons (Fsp3) is 0.706. The van der Waals surface area contributed by atoms with Gasteiger partial charge in [-0.25, -0.2) is 0 Å². The average molecular weight is 800 g/mol. The van der Waals surface area contributed by atoms with Gasteiger partial charge in [-0.05, 0) is 44.1 Å². The minimum absolute atomic E-state index is 0.00507. The predicted octanol–water partition coefficient (Wildman–Crippen LogP) is 6.12. The molecule has 0 bridgehead atoms. The molecule has 1 aliphatic carbocycles. The third kappa shape index (κ3) is 13.0. The number of aliphatic hydroxyl groups excluding tert-OH is 1. The van der Waals surface area contributed by atoms with Gasteiger partial charge >= 0.3 is 112 Å². The molecule has 3 atom stereocenters. The van der Waals surface area contributed by atoms with Gasteiger partial charge in [0.2, 0.25) is 5.91 Å². The van der Waals surface area contributed by atoms with E-state index >= 15 is 0 Å². The molecule has 0 spiro atoms. The van der Waals surface area contributed by atoms with Crippen LogP contribution in [-0.2, 0) is 28.6 Å². The number of carbonyl (C=O) groups excluding carboxylic acids is 3. The number of ether oxygens (including phenoxy) is 3. The van der Waals surface area contributed by atoms with Gasteiger partial charge in [0, 0.05) is 23.6 Å². The Balaban J connectivity index is 0.000000561. The summed E-state index contributed by atoms with van der Waals surface area (Å²) in [5.41, 5.74) is 0.705. The number of thioether (sulfide) groups is 2. The molecule has 1 aliphatic heterocycles. The van der Waals surface area contributed by atoms with Crippen molar-refractivity contribution in [3.8, 4) is 0 Å². The monoisotopic (exact) mass is 799 g/mol. The fourth-order valence-electron chi connectivity index (χ4n) is 5.90. The maximum atomic E-state index is 13.8. The molecule has 2 fully saturated rings. The van der Waals surface area contributed by atoms with Gasteiger partial charge in [-0.1, -0.05) is 50.5 Å². The van der Waals surface area contributed by atoms with Crippen LogP contribution in [0.15, 0.2) is 37.0 Å². The van der Waals surface area contributed by atoms with E-state index in [4.69, 9.17) is 31.5 Å². The summed E-state index contributed by atoms with van der Waals surface area (Å²) < 4.78 is 16.2. The molecule has 8 nitrogen and oxygen atoms in total. The van der Waals surface area contributed by atoms with Crippen LogP contribution in [0.5, 0.6) is 0 Å². The summed E-state index contributed by atoms with van der Waals surface area (Å²) in [5.74, 6) is 0.311. The first-order chi connectivity index (χ1) is 21.4. The standard InChI is InChI=1S/C23H35NO3S3.C11H19O4.In/c1-6-8-18(7-2)15-22(5)16-23(17-22,19(26)24-9-12-27-13-10-24)21(3,4)30-20(28)29-14-11-25;1-6-10(12)8(4)15-11(13)9(5)14-7(2)3;/h6-8,25H,1-2,9-17H2,3-5H3;6-9H,1-5H3;/b18-8+;;/t;8-,9+;/m.1./s1. The van der Waals surface area contributed by atoms with E-state index in [9.17, 15) is 14.4 Å². The normalized spacial score (nSPS) is 23.6. The van der Waals surface area contributed by atoms with Crippen molar-refractivity contribution in [2.75, 3.05) is 38.7 Å². The van der Waals surface area contributed by atoms with Crippen molar-refractivity contribution < 1.29 is 33.7 Å². The van der Waals surface area contributed by atoms with Gasteiger partial charge in [0.25, 0.3) is 0 Å². The second-order valence-electron chi connectivity index (χ2n) is 13.0. The molecule has 1 N–H and O–H groups in total. The number of aliphatic hydroxyl groups is 1. The SMILES string of the molecule is C=C/C=C(\C=C)CC1(C)CC(C(=O)N2CCOCC2)(C(C)(C)SC(=S)SCCO)C1.CC(C)O[C@@H](C)C(=O)O[C@H](C)C(=O)[CH](C)[In]. The molecule has 2 radical (unpaired) electrons. The van der Waals surface area contributed by atoms with Gasteiger partial charge in [-0.2, -0.15) is 0 Å². The Bertz CT molecular complexity index is 1100. The van der Waals surface area contributed by atoms with Crippen LogP contribution in [0.4, 0.5) is 0 Å². The van der Waals surface area contributed by atoms with Gasteiger partial charge in [-0.3, -0.25) is 4.79 Å². The van der Waals surface area contributed by atoms with Crippen molar-refractivity contribution in [1.82, 2.24) is 4.90 Å². The van der Waals surface area contributed by atoms with E-state index in [1.807, 2.05) is 37.8 Å². The van der Waals surface area contributed by atoms with E-state index in [-0.39, 0.29) is 38.2 Å². The molecule has 0 aromatic heterocycles. The van der Waals surface area contributed by atoms with E-state index < -0.39 is 23.6 Å². The van der Waals surface area contributed by atoms with Crippen molar-refractivity contribution in [1.29, 1.82) is 0 Å². The number of hydrogen-bond donors (Lipinski definition) is 1. The number of ketones is 1. The molecule has 0 aromatic rings. The van der Waals surface area contributed by atoms with Gasteiger partial charge in [0.05, 0.1) is 25.2 Å². The summed E-state index contributed by atoms with van der Waals surface area (Å²) in [7, 11) is 0. The summed E-state index contributed by atoms with van der Waals surface area (Å²) in [4.78, 5) is 38.9.